The number of hydrazine groups is 1. The minimum atomic E-state index is -0.611. The monoisotopic (exact) mass is 281 g/mol. The summed E-state index contributed by atoms with van der Waals surface area (Å²) in [5.74, 6) is 0.369. The van der Waals surface area contributed by atoms with E-state index in [0.29, 0.717) is 10.9 Å². The Morgan fingerprint density at radius 1 is 1.32 bits per heavy atom. The topological polar surface area (TPSA) is 62.4 Å². The normalized spacial score (nSPS) is 11.3. The van der Waals surface area contributed by atoms with Crippen molar-refractivity contribution in [1.82, 2.24) is 16.2 Å². The average Bonchev–Trinajstić information content (AvgIpc) is 2.44. The molecule has 1 atom stereocenters. The zero-order valence-electron chi connectivity index (χ0n) is 11.3. The molecule has 1 amide bonds. The summed E-state index contributed by atoms with van der Waals surface area (Å²) in [5, 5.41) is 3.03. The number of nitrogens with one attached hydrogen (secondary N) is 3. The highest BCUT2D eigenvalue weighted by molar-refractivity contribution is 7.80. The molecule has 0 heterocycles. The van der Waals surface area contributed by atoms with E-state index in [0.717, 1.165) is 6.42 Å². The second-order valence-electron chi connectivity index (χ2n) is 3.95. The molecule has 0 aromatic heterocycles. The van der Waals surface area contributed by atoms with E-state index in [1.54, 1.807) is 14.0 Å². The van der Waals surface area contributed by atoms with Gasteiger partial charge >= 0.3 is 0 Å². The Morgan fingerprint density at radius 3 is 2.47 bits per heavy atom. The summed E-state index contributed by atoms with van der Waals surface area (Å²) in [6.45, 7) is 3.76. The summed E-state index contributed by atoms with van der Waals surface area (Å²) in [5.41, 5.74) is 6.24. The maximum Gasteiger partial charge on any atom is 0.279 e. The van der Waals surface area contributed by atoms with Crippen molar-refractivity contribution in [2.24, 2.45) is 0 Å². The summed E-state index contributed by atoms with van der Waals surface area (Å²) in [4.78, 5) is 11.7. The fourth-order valence-electron chi connectivity index (χ4n) is 1.34. The Bertz CT molecular complexity index is 434. The van der Waals surface area contributed by atoms with Crippen LogP contribution in [0.5, 0.6) is 5.75 Å². The van der Waals surface area contributed by atoms with Gasteiger partial charge in [-0.2, -0.15) is 0 Å². The molecule has 0 radical (unpaired) electrons. The van der Waals surface area contributed by atoms with Crippen LogP contribution >= 0.6 is 12.2 Å². The third-order valence-electron chi connectivity index (χ3n) is 2.54. The minimum Gasteiger partial charge on any atom is -0.481 e. The lowest BCUT2D eigenvalue weighted by Crippen LogP contribution is -2.49. The van der Waals surface area contributed by atoms with Crippen LogP contribution in [-0.4, -0.2) is 24.2 Å². The molecule has 19 heavy (non-hydrogen) atoms. The Labute approximate surface area is 118 Å². The van der Waals surface area contributed by atoms with Gasteiger partial charge in [0.1, 0.15) is 5.75 Å². The molecule has 1 aromatic carbocycles. The van der Waals surface area contributed by atoms with Crippen LogP contribution in [-0.2, 0) is 11.2 Å². The van der Waals surface area contributed by atoms with Crippen molar-refractivity contribution in [3.63, 3.8) is 0 Å². The fourth-order valence-corrected chi connectivity index (χ4v) is 1.39. The van der Waals surface area contributed by atoms with E-state index < -0.39 is 6.10 Å². The SMILES string of the molecule is CCc1ccc(OC(C)C(=O)NNC(=S)NC)cc1. The predicted molar refractivity (Wildman–Crippen MR) is 78.8 cm³/mol. The van der Waals surface area contributed by atoms with Crippen LogP contribution in [0, 0.1) is 0 Å². The van der Waals surface area contributed by atoms with Gasteiger partial charge in [0.2, 0.25) is 0 Å². The van der Waals surface area contributed by atoms with E-state index in [2.05, 4.69) is 23.1 Å². The number of aryl methyl sites for hydroxylation is 1. The van der Waals surface area contributed by atoms with Crippen LogP contribution in [0.15, 0.2) is 24.3 Å². The lowest BCUT2D eigenvalue weighted by molar-refractivity contribution is -0.127. The first kappa shape index (κ1) is 15.2. The number of amides is 1. The summed E-state index contributed by atoms with van der Waals surface area (Å²) >= 11 is 4.84. The van der Waals surface area contributed by atoms with Crippen molar-refractivity contribution in [2.45, 2.75) is 26.4 Å². The fraction of sp³-hybridized carbons (Fsp3) is 0.385. The maximum atomic E-state index is 11.7. The smallest absolute Gasteiger partial charge is 0.279 e. The van der Waals surface area contributed by atoms with Gasteiger partial charge in [0.15, 0.2) is 11.2 Å². The molecule has 3 N–H and O–H groups in total. The molecule has 0 aliphatic heterocycles. The summed E-state index contributed by atoms with van der Waals surface area (Å²) < 4.78 is 5.53. The minimum absolute atomic E-state index is 0.294. The first-order valence-corrected chi connectivity index (χ1v) is 6.50. The molecule has 5 nitrogen and oxygen atoms in total. The van der Waals surface area contributed by atoms with E-state index in [1.807, 2.05) is 24.3 Å². The van der Waals surface area contributed by atoms with Crippen LogP contribution in [0.3, 0.4) is 0 Å². The van der Waals surface area contributed by atoms with Gasteiger partial charge in [0.05, 0.1) is 0 Å². The van der Waals surface area contributed by atoms with E-state index >= 15 is 0 Å². The van der Waals surface area contributed by atoms with Gasteiger partial charge in [-0.1, -0.05) is 19.1 Å². The predicted octanol–water partition coefficient (Wildman–Crippen LogP) is 1.14. The van der Waals surface area contributed by atoms with Gasteiger partial charge in [-0.05, 0) is 43.3 Å². The van der Waals surface area contributed by atoms with Crippen LogP contribution in [0.2, 0.25) is 0 Å². The lowest BCUT2D eigenvalue weighted by atomic mass is 10.2. The van der Waals surface area contributed by atoms with E-state index in [-0.39, 0.29) is 5.91 Å². The Balaban J connectivity index is 2.46. The van der Waals surface area contributed by atoms with E-state index in [4.69, 9.17) is 17.0 Å². The highest BCUT2D eigenvalue weighted by atomic mass is 32.1. The van der Waals surface area contributed by atoms with Crippen LogP contribution in [0.25, 0.3) is 0 Å². The van der Waals surface area contributed by atoms with E-state index in [1.165, 1.54) is 5.56 Å². The summed E-state index contributed by atoms with van der Waals surface area (Å²) in [6.07, 6.45) is 0.362. The number of carbonyl (C=O) groups is 1. The van der Waals surface area contributed by atoms with Crippen molar-refractivity contribution in [1.29, 1.82) is 0 Å². The molecule has 0 spiro atoms. The number of carbonyl (C=O) groups excluding carboxylic acids is 1. The van der Waals surface area contributed by atoms with Crippen LogP contribution in [0.1, 0.15) is 19.4 Å². The van der Waals surface area contributed by atoms with Gasteiger partial charge < -0.3 is 10.1 Å². The highest BCUT2D eigenvalue weighted by Gasteiger charge is 2.14. The second-order valence-corrected chi connectivity index (χ2v) is 4.36. The third-order valence-corrected chi connectivity index (χ3v) is 2.85. The lowest BCUT2D eigenvalue weighted by Gasteiger charge is -2.16. The second kappa shape index (κ2) is 7.58. The molecule has 0 fully saturated rings. The van der Waals surface area contributed by atoms with Crippen LogP contribution in [0.4, 0.5) is 0 Å². The van der Waals surface area contributed by atoms with Crippen molar-refractivity contribution < 1.29 is 9.53 Å². The quantitative estimate of drug-likeness (QED) is 0.571. The molecule has 0 aliphatic rings. The number of ether oxygens (including phenoxy) is 1. The molecule has 1 unspecified atom stereocenters. The highest BCUT2D eigenvalue weighted by Crippen LogP contribution is 2.14. The van der Waals surface area contributed by atoms with Crippen LogP contribution < -0.4 is 20.9 Å². The van der Waals surface area contributed by atoms with Gasteiger partial charge in [-0.25, -0.2) is 0 Å². The third kappa shape index (κ3) is 5.13. The maximum absolute atomic E-state index is 11.7. The average molecular weight is 281 g/mol. The molecule has 6 heteroatoms. The Morgan fingerprint density at radius 2 is 1.95 bits per heavy atom. The zero-order chi connectivity index (χ0) is 14.3. The first-order valence-electron chi connectivity index (χ1n) is 6.10. The summed E-state index contributed by atoms with van der Waals surface area (Å²) in [6, 6.07) is 7.67. The van der Waals surface area contributed by atoms with Gasteiger partial charge in [0.25, 0.3) is 5.91 Å². The molecular formula is C13H19N3O2S. The molecule has 0 bridgehead atoms. The van der Waals surface area contributed by atoms with Crippen molar-refractivity contribution in [3.8, 4) is 5.75 Å². The molecule has 0 saturated carbocycles. The Kier molecular flexibility index (Phi) is 6.08. The van der Waals surface area contributed by atoms with Gasteiger partial charge in [-0.3, -0.25) is 15.6 Å². The zero-order valence-corrected chi connectivity index (χ0v) is 12.1. The summed E-state index contributed by atoms with van der Waals surface area (Å²) in [7, 11) is 1.66. The number of rotatable bonds is 4. The molecular weight excluding hydrogens is 262 g/mol. The number of benzene rings is 1. The molecule has 1 rings (SSSR count). The number of hydrogen-bond acceptors (Lipinski definition) is 3. The van der Waals surface area contributed by atoms with Crippen molar-refractivity contribution in [3.05, 3.63) is 29.8 Å². The molecule has 0 saturated heterocycles. The Hall–Kier alpha value is -1.82. The standard InChI is InChI=1S/C13H19N3O2S/c1-4-10-5-7-11(8-6-10)18-9(2)12(17)15-16-13(19)14-3/h5-9H,4H2,1-3H3,(H,15,17)(H2,14,16,19). The number of thiocarbonyl (C=S) groups is 1. The largest absolute Gasteiger partial charge is 0.481 e. The van der Waals surface area contributed by atoms with Crippen molar-refractivity contribution in [2.75, 3.05) is 7.05 Å². The van der Waals surface area contributed by atoms with Gasteiger partial charge in [0, 0.05) is 7.05 Å². The molecule has 1 aromatic rings. The molecule has 104 valence electrons. The first-order chi connectivity index (χ1) is 9.06. The molecule has 0 aliphatic carbocycles. The van der Waals surface area contributed by atoms with Gasteiger partial charge in [-0.15, -0.1) is 0 Å². The number of hydrogen-bond donors (Lipinski definition) is 3. The van der Waals surface area contributed by atoms with Crippen molar-refractivity contribution >= 4 is 23.2 Å². The van der Waals surface area contributed by atoms with E-state index in [9.17, 15) is 4.79 Å².